The van der Waals surface area contributed by atoms with Gasteiger partial charge in [0.15, 0.2) is 6.61 Å². The van der Waals surface area contributed by atoms with Gasteiger partial charge in [0.05, 0.1) is 12.0 Å². The molecule has 0 saturated heterocycles. The highest BCUT2D eigenvalue weighted by atomic mass is 19.1. The molecule has 0 aliphatic heterocycles. The van der Waals surface area contributed by atoms with Crippen LogP contribution < -0.4 is 14.8 Å². The summed E-state index contributed by atoms with van der Waals surface area (Å²) in [6.07, 6.45) is 0. The van der Waals surface area contributed by atoms with E-state index in [9.17, 15) is 19.3 Å². The molecular formula is C16H15FN2O5. The van der Waals surface area contributed by atoms with Crippen LogP contribution in [-0.4, -0.2) is 24.5 Å². The van der Waals surface area contributed by atoms with E-state index in [1.54, 1.807) is 24.3 Å². The predicted molar refractivity (Wildman–Crippen MR) is 83.4 cm³/mol. The molecule has 2 rings (SSSR count). The summed E-state index contributed by atoms with van der Waals surface area (Å²) in [7, 11) is 1.52. The monoisotopic (exact) mass is 334 g/mol. The van der Waals surface area contributed by atoms with Gasteiger partial charge >= 0.3 is 5.69 Å². The lowest BCUT2D eigenvalue weighted by molar-refractivity contribution is -0.385. The molecular weight excluding hydrogens is 319 g/mol. The largest absolute Gasteiger partial charge is 0.496 e. The van der Waals surface area contributed by atoms with Crippen molar-refractivity contribution in [2.45, 2.75) is 6.54 Å². The molecule has 0 atom stereocenters. The minimum atomic E-state index is -0.707. The number of methoxy groups -OCH3 is 1. The number of benzene rings is 2. The molecule has 0 aliphatic rings. The van der Waals surface area contributed by atoms with E-state index in [-0.39, 0.29) is 12.3 Å². The van der Waals surface area contributed by atoms with Crippen molar-refractivity contribution < 1.29 is 23.6 Å². The van der Waals surface area contributed by atoms with Gasteiger partial charge in [-0.3, -0.25) is 14.9 Å². The zero-order valence-electron chi connectivity index (χ0n) is 12.8. The third kappa shape index (κ3) is 4.42. The first-order chi connectivity index (χ1) is 11.5. The van der Waals surface area contributed by atoms with E-state index < -0.39 is 28.9 Å². The SMILES string of the molecule is COc1ccccc1CNC(=O)COc1cc(F)ccc1[N+](=O)[O-]. The lowest BCUT2D eigenvalue weighted by Gasteiger charge is -2.10. The van der Waals surface area contributed by atoms with E-state index in [0.29, 0.717) is 5.75 Å². The molecule has 126 valence electrons. The molecule has 24 heavy (non-hydrogen) atoms. The van der Waals surface area contributed by atoms with Crippen molar-refractivity contribution in [1.29, 1.82) is 0 Å². The number of hydrogen-bond acceptors (Lipinski definition) is 5. The van der Waals surface area contributed by atoms with E-state index in [1.807, 2.05) is 0 Å². The molecule has 7 nitrogen and oxygen atoms in total. The molecule has 1 N–H and O–H groups in total. The third-order valence-corrected chi connectivity index (χ3v) is 3.15. The number of nitrogens with zero attached hydrogens (tertiary/aromatic N) is 1. The highest BCUT2D eigenvalue weighted by Gasteiger charge is 2.17. The van der Waals surface area contributed by atoms with Crippen molar-refractivity contribution in [2.24, 2.45) is 0 Å². The molecule has 0 saturated carbocycles. The zero-order chi connectivity index (χ0) is 17.5. The second kappa shape index (κ2) is 7.91. The number of nitro benzene ring substituents is 1. The van der Waals surface area contributed by atoms with E-state index in [4.69, 9.17) is 9.47 Å². The van der Waals surface area contributed by atoms with Gasteiger partial charge in [-0.1, -0.05) is 18.2 Å². The van der Waals surface area contributed by atoms with Crippen molar-refractivity contribution in [3.63, 3.8) is 0 Å². The van der Waals surface area contributed by atoms with Gasteiger partial charge in [0.2, 0.25) is 5.75 Å². The van der Waals surface area contributed by atoms with Gasteiger partial charge in [0.25, 0.3) is 5.91 Å². The van der Waals surface area contributed by atoms with Crippen LogP contribution in [0.15, 0.2) is 42.5 Å². The number of rotatable bonds is 7. The number of para-hydroxylation sites is 1. The second-order valence-electron chi connectivity index (χ2n) is 4.75. The van der Waals surface area contributed by atoms with Gasteiger partial charge in [0, 0.05) is 24.2 Å². The lowest BCUT2D eigenvalue weighted by Crippen LogP contribution is -2.28. The maximum atomic E-state index is 13.2. The quantitative estimate of drug-likeness (QED) is 0.620. The number of carbonyl (C=O) groups is 1. The van der Waals surface area contributed by atoms with Crippen molar-refractivity contribution >= 4 is 11.6 Å². The zero-order valence-corrected chi connectivity index (χ0v) is 12.8. The maximum Gasteiger partial charge on any atom is 0.311 e. The van der Waals surface area contributed by atoms with E-state index >= 15 is 0 Å². The summed E-state index contributed by atoms with van der Waals surface area (Å²) in [6, 6.07) is 9.95. The highest BCUT2D eigenvalue weighted by molar-refractivity contribution is 5.77. The number of amides is 1. The van der Waals surface area contributed by atoms with Gasteiger partial charge in [-0.2, -0.15) is 0 Å². The molecule has 0 heterocycles. The Bertz CT molecular complexity index is 751. The van der Waals surface area contributed by atoms with Crippen LogP contribution >= 0.6 is 0 Å². The normalized spacial score (nSPS) is 10.1. The summed E-state index contributed by atoms with van der Waals surface area (Å²) in [5, 5.41) is 13.4. The number of halogens is 1. The average Bonchev–Trinajstić information content (AvgIpc) is 2.58. The van der Waals surface area contributed by atoms with Crippen molar-refractivity contribution in [3.8, 4) is 11.5 Å². The Morgan fingerprint density at radius 3 is 2.71 bits per heavy atom. The Morgan fingerprint density at radius 1 is 1.25 bits per heavy atom. The van der Waals surface area contributed by atoms with Crippen LogP contribution in [0.3, 0.4) is 0 Å². The number of hydrogen-bond donors (Lipinski definition) is 1. The maximum absolute atomic E-state index is 13.2. The van der Waals surface area contributed by atoms with Gasteiger partial charge < -0.3 is 14.8 Å². The first kappa shape index (κ1) is 17.2. The van der Waals surface area contributed by atoms with E-state index in [0.717, 1.165) is 23.8 Å². The van der Waals surface area contributed by atoms with Crippen molar-refractivity contribution in [1.82, 2.24) is 5.32 Å². The smallest absolute Gasteiger partial charge is 0.311 e. The molecule has 8 heteroatoms. The summed E-state index contributed by atoms with van der Waals surface area (Å²) in [5.41, 5.74) is 0.360. The number of nitrogens with one attached hydrogen (secondary N) is 1. The fraction of sp³-hybridized carbons (Fsp3) is 0.188. The Kier molecular flexibility index (Phi) is 5.67. The van der Waals surface area contributed by atoms with E-state index in [2.05, 4.69) is 5.32 Å². The standard InChI is InChI=1S/C16H15FN2O5/c1-23-14-5-3-2-4-11(14)9-18-16(20)10-24-15-8-12(17)6-7-13(15)19(21)22/h2-8H,9-10H2,1H3,(H,18,20). The lowest BCUT2D eigenvalue weighted by atomic mass is 10.2. The summed E-state index contributed by atoms with van der Waals surface area (Å²) in [5.74, 6) is -0.864. The molecule has 0 radical (unpaired) electrons. The molecule has 0 unspecified atom stereocenters. The van der Waals surface area contributed by atoms with Crippen LogP contribution in [0, 0.1) is 15.9 Å². The second-order valence-corrected chi connectivity index (χ2v) is 4.75. The predicted octanol–water partition coefficient (Wildman–Crippen LogP) is 2.44. The molecule has 2 aromatic rings. The van der Waals surface area contributed by atoms with Crippen molar-refractivity contribution in [3.05, 3.63) is 64.0 Å². The summed E-state index contributed by atoms with van der Waals surface area (Å²) < 4.78 is 23.4. The Morgan fingerprint density at radius 2 is 2.00 bits per heavy atom. The van der Waals surface area contributed by atoms with Crippen LogP contribution in [0.4, 0.5) is 10.1 Å². The van der Waals surface area contributed by atoms with Crippen LogP contribution in [0.1, 0.15) is 5.56 Å². The van der Waals surface area contributed by atoms with Crippen LogP contribution in [0.5, 0.6) is 11.5 Å². The number of ether oxygens (including phenoxy) is 2. The Labute approximate surface area is 137 Å². The summed E-state index contributed by atoms with van der Waals surface area (Å²) in [6.45, 7) is -0.267. The molecule has 2 aromatic carbocycles. The summed E-state index contributed by atoms with van der Waals surface area (Å²) in [4.78, 5) is 22.0. The molecule has 0 bridgehead atoms. The fourth-order valence-electron chi connectivity index (χ4n) is 1.99. The highest BCUT2D eigenvalue weighted by Crippen LogP contribution is 2.27. The molecule has 1 amide bonds. The number of nitro groups is 1. The van der Waals surface area contributed by atoms with Gasteiger partial charge in [-0.25, -0.2) is 4.39 Å². The summed E-state index contributed by atoms with van der Waals surface area (Å²) >= 11 is 0. The first-order valence-electron chi connectivity index (χ1n) is 6.96. The molecule has 0 aliphatic carbocycles. The minimum Gasteiger partial charge on any atom is -0.496 e. The first-order valence-corrected chi connectivity index (χ1v) is 6.96. The third-order valence-electron chi connectivity index (χ3n) is 3.15. The van der Waals surface area contributed by atoms with Gasteiger partial charge in [-0.05, 0) is 12.1 Å². The molecule has 0 aromatic heterocycles. The minimum absolute atomic E-state index is 0.206. The van der Waals surface area contributed by atoms with Gasteiger partial charge in [-0.15, -0.1) is 0 Å². The van der Waals surface area contributed by atoms with Crippen molar-refractivity contribution in [2.75, 3.05) is 13.7 Å². The fourth-order valence-corrected chi connectivity index (χ4v) is 1.99. The van der Waals surface area contributed by atoms with Crippen LogP contribution in [0.25, 0.3) is 0 Å². The molecule has 0 spiro atoms. The van der Waals surface area contributed by atoms with Crippen LogP contribution in [-0.2, 0) is 11.3 Å². The Balaban J connectivity index is 1.94. The Hall–Kier alpha value is -3.16. The van der Waals surface area contributed by atoms with E-state index in [1.165, 1.54) is 7.11 Å². The average molecular weight is 334 g/mol. The van der Waals surface area contributed by atoms with Gasteiger partial charge in [0.1, 0.15) is 11.6 Å². The molecule has 0 fully saturated rings. The van der Waals surface area contributed by atoms with Crippen LogP contribution in [0.2, 0.25) is 0 Å². The number of carbonyl (C=O) groups excluding carboxylic acids is 1. The topological polar surface area (TPSA) is 90.7 Å².